The van der Waals surface area contributed by atoms with Gasteiger partial charge >= 0.3 is 0 Å². The van der Waals surface area contributed by atoms with Crippen LogP contribution in [0.4, 0.5) is 0 Å². The Labute approximate surface area is 118 Å². The molecule has 1 atom stereocenters. The first-order valence-corrected chi connectivity index (χ1v) is 8.06. The van der Waals surface area contributed by atoms with E-state index in [1.54, 1.807) is 19.1 Å². The molecule has 0 heterocycles. The molecule has 0 aliphatic heterocycles. The maximum Gasteiger partial charge on any atom is 0.242 e. The fraction of sp³-hybridized carbons (Fsp3) is 0.400. The van der Waals surface area contributed by atoms with Crippen LogP contribution in [0.5, 0.6) is 0 Å². The second kappa shape index (κ2) is 6.29. The summed E-state index contributed by atoms with van der Waals surface area (Å²) in [6, 6.07) is 4.44. The summed E-state index contributed by atoms with van der Waals surface area (Å²) in [7, 11) is -3.62. The first-order valence-electron chi connectivity index (χ1n) is 4.99. The third kappa shape index (κ3) is 4.03. The summed E-state index contributed by atoms with van der Waals surface area (Å²) in [5.74, 6) is 0. The van der Waals surface area contributed by atoms with Crippen molar-refractivity contribution in [3.8, 4) is 0 Å². The molecule has 0 amide bonds. The number of hydrogen-bond acceptors (Lipinski definition) is 3. The van der Waals surface area contributed by atoms with Crippen molar-refractivity contribution in [1.82, 2.24) is 4.72 Å². The normalized spacial score (nSPS) is 13.6. The molecule has 0 aliphatic rings. The highest BCUT2D eigenvalue weighted by molar-refractivity contribution is 9.11. The van der Waals surface area contributed by atoms with Gasteiger partial charge in [0.1, 0.15) is 0 Å². The van der Waals surface area contributed by atoms with Gasteiger partial charge in [0.05, 0.1) is 11.5 Å². The highest BCUT2D eigenvalue weighted by atomic mass is 79.9. The number of aliphatic hydroxyl groups excluding tert-OH is 1. The van der Waals surface area contributed by atoms with Crippen molar-refractivity contribution in [3.05, 3.63) is 27.1 Å². The molecule has 0 radical (unpaired) electrons. The minimum atomic E-state index is -3.62. The van der Waals surface area contributed by atoms with E-state index in [2.05, 4.69) is 36.6 Å². The molecule has 1 rings (SSSR count). The van der Waals surface area contributed by atoms with Crippen molar-refractivity contribution in [1.29, 1.82) is 0 Å². The van der Waals surface area contributed by atoms with E-state index in [1.807, 2.05) is 0 Å². The van der Waals surface area contributed by atoms with Gasteiger partial charge in [0.25, 0.3) is 0 Å². The van der Waals surface area contributed by atoms with Crippen LogP contribution in [0.25, 0.3) is 0 Å². The standard InChI is InChI=1S/C10H13Br2NO3S/c1-2-8(6-14)13-17(15,16)10-5-7(11)3-4-9(10)12/h3-5,8,13-14H,2,6H2,1H3/t8-/m1/s1. The van der Waals surface area contributed by atoms with Gasteiger partial charge in [-0.05, 0) is 40.5 Å². The van der Waals surface area contributed by atoms with Gasteiger partial charge in [-0.2, -0.15) is 0 Å². The van der Waals surface area contributed by atoms with Gasteiger partial charge in [-0.1, -0.05) is 22.9 Å². The van der Waals surface area contributed by atoms with E-state index >= 15 is 0 Å². The number of halogens is 2. The fourth-order valence-corrected chi connectivity index (χ4v) is 4.03. The lowest BCUT2D eigenvalue weighted by Crippen LogP contribution is -2.37. The summed E-state index contributed by atoms with van der Waals surface area (Å²) < 4.78 is 27.7. The van der Waals surface area contributed by atoms with Gasteiger partial charge in [-0.25, -0.2) is 13.1 Å². The van der Waals surface area contributed by atoms with Crippen molar-refractivity contribution in [2.75, 3.05) is 6.61 Å². The van der Waals surface area contributed by atoms with Crippen LogP contribution in [0.15, 0.2) is 32.0 Å². The van der Waals surface area contributed by atoms with Crippen molar-refractivity contribution >= 4 is 41.9 Å². The molecule has 0 unspecified atom stereocenters. The number of benzene rings is 1. The highest BCUT2D eigenvalue weighted by Gasteiger charge is 2.21. The molecule has 2 N–H and O–H groups in total. The smallest absolute Gasteiger partial charge is 0.242 e. The Bertz CT molecular complexity index is 486. The third-order valence-corrected chi connectivity index (χ3v) is 5.23. The van der Waals surface area contributed by atoms with Gasteiger partial charge in [0, 0.05) is 15.0 Å². The summed E-state index contributed by atoms with van der Waals surface area (Å²) in [6.45, 7) is 1.58. The average Bonchev–Trinajstić information content (AvgIpc) is 2.29. The van der Waals surface area contributed by atoms with E-state index in [9.17, 15) is 8.42 Å². The highest BCUT2D eigenvalue weighted by Crippen LogP contribution is 2.25. The molecule has 0 saturated heterocycles. The zero-order valence-electron chi connectivity index (χ0n) is 9.15. The van der Waals surface area contributed by atoms with Crippen LogP contribution < -0.4 is 4.72 Å². The predicted octanol–water partition coefficient (Wildman–Crippen LogP) is 2.26. The number of sulfonamides is 1. The van der Waals surface area contributed by atoms with Crippen LogP contribution >= 0.6 is 31.9 Å². The Morgan fingerprint density at radius 1 is 1.41 bits per heavy atom. The summed E-state index contributed by atoms with van der Waals surface area (Å²) in [5.41, 5.74) is 0. The van der Waals surface area contributed by atoms with Crippen LogP contribution in [-0.2, 0) is 10.0 Å². The van der Waals surface area contributed by atoms with Gasteiger partial charge in [0.15, 0.2) is 0 Å². The van der Waals surface area contributed by atoms with Gasteiger partial charge < -0.3 is 5.11 Å². The Morgan fingerprint density at radius 3 is 2.59 bits per heavy atom. The molecule has 17 heavy (non-hydrogen) atoms. The molecule has 0 bridgehead atoms. The fourth-order valence-electron chi connectivity index (χ4n) is 1.22. The molecule has 96 valence electrons. The first-order chi connectivity index (χ1) is 7.90. The molecular formula is C10H13Br2NO3S. The van der Waals surface area contributed by atoms with E-state index in [0.29, 0.717) is 15.4 Å². The van der Waals surface area contributed by atoms with E-state index in [-0.39, 0.29) is 11.5 Å². The Hall–Kier alpha value is 0.0500. The zero-order valence-corrected chi connectivity index (χ0v) is 13.1. The molecule has 0 aromatic heterocycles. The molecular weight excluding hydrogens is 374 g/mol. The lowest BCUT2D eigenvalue weighted by atomic mass is 10.3. The minimum Gasteiger partial charge on any atom is -0.395 e. The largest absolute Gasteiger partial charge is 0.395 e. The summed E-state index contributed by atoms with van der Waals surface area (Å²) in [6.07, 6.45) is 0.529. The summed E-state index contributed by atoms with van der Waals surface area (Å²) in [4.78, 5) is 0.152. The lowest BCUT2D eigenvalue weighted by Gasteiger charge is -2.15. The van der Waals surface area contributed by atoms with Crippen LogP contribution in [0, 0.1) is 0 Å². The minimum absolute atomic E-state index is 0.152. The van der Waals surface area contributed by atoms with Crippen molar-refractivity contribution in [2.24, 2.45) is 0 Å². The van der Waals surface area contributed by atoms with E-state index in [1.165, 1.54) is 6.07 Å². The second-order valence-electron chi connectivity index (χ2n) is 3.48. The predicted molar refractivity (Wildman–Crippen MR) is 73.3 cm³/mol. The van der Waals surface area contributed by atoms with Gasteiger partial charge in [0.2, 0.25) is 10.0 Å². The first kappa shape index (κ1) is 15.1. The molecule has 1 aromatic rings. The van der Waals surface area contributed by atoms with E-state index in [4.69, 9.17) is 5.11 Å². The van der Waals surface area contributed by atoms with Crippen LogP contribution in [0.1, 0.15) is 13.3 Å². The SMILES string of the molecule is CC[C@H](CO)NS(=O)(=O)c1cc(Br)ccc1Br. The number of aliphatic hydroxyl groups is 1. The van der Waals surface area contributed by atoms with Crippen LogP contribution in [0.2, 0.25) is 0 Å². The average molecular weight is 387 g/mol. The van der Waals surface area contributed by atoms with Gasteiger partial charge in [-0.15, -0.1) is 0 Å². The van der Waals surface area contributed by atoms with Crippen molar-refractivity contribution < 1.29 is 13.5 Å². The Kier molecular flexibility index (Phi) is 5.59. The van der Waals surface area contributed by atoms with Crippen LogP contribution in [0.3, 0.4) is 0 Å². The quantitative estimate of drug-likeness (QED) is 0.815. The maximum absolute atomic E-state index is 12.1. The number of rotatable bonds is 5. The topological polar surface area (TPSA) is 66.4 Å². The molecule has 0 spiro atoms. The third-order valence-electron chi connectivity index (χ3n) is 2.22. The van der Waals surface area contributed by atoms with E-state index in [0.717, 1.165) is 0 Å². The Balaban J connectivity index is 3.09. The summed E-state index contributed by atoms with van der Waals surface area (Å²) >= 11 is 6.42. The molecule has 0 fully saturated rings. The van der Waals surface area contributed by atoms with Crippen LogP contribution in [-0.4, -0.2) is 26.2 Å². The summed E-state index contributed by atoms with van der Waals surface area (Å²) in [5, 5.41) is 9.01. The van der Waals surface area contributed by atoms with Crippen molar-refractivity contribution in [3.63, 3.8) is 0 Å². The van der Waals surface area contributed by atoms with Crippen molar-refractivity contribution in [2.45, 2.75) is 24.3 Å². The lowest BCUT2D eigenvalue weighted by molar-refractivity contribution is 0.254. The molecule has 0 aliphatic carbocycles. The second-order valence-corrected chi connectivity index (χ2v) is 6.94. The zero-order chi connectivity index (χ0) is 13.1. The molecule has 0 saturated carbocycles. The number of hydrogen-bond donors (Lipinski definition) is 2. The molecule has 7 heteroatoms. The monoisotopic (exact) mass is 385 g/mol. The Morgan fingerprint density at radius 2 is 2.06 bits per heavy atom. The van der Waals surface area contributed by atoms with Gasteiger partial charge in [-0.3, -0.25) is 0 Å². The molecule has 1 aromatic carbocycles. The molecule has 4 nitrogen and oxygen atoms in total. The van der Waals surface area contributed by atoms with E-state index < -0.39 is 16.1 Å². The number of nitrogens with one attached hydrogen (secondary N) is 1. The maximum atomic E-state index is 12.1.